The Balaban J connectivity index is 1.65. The molecule has 33 heavy (non-hydrogen) atoms. The summed E-state index contributed by atoms with van der Waals surface area (Å²) in [6, 6.07) is 12.8. The fraction of sp³-hybridized carbons (Fsp3) is 0.250. The first-order chi connectivity index (χ1) is 15.8. The zero-order valence-electron chi connectivity index (χ0n) is 18.0. The standard InChI is InChI=1S/C24H24FN5O3/c1-13(22(26)31)28-21-12-19(23(27)32)29-24(30-21)16-4-7-18-15(8-9-33-20(18)11-16)10-14-2-5-17(25)6-3-14/h2-7,11-13,15H,8-10H2,1H3,(H2,26,31)(H2,27,32)(H,28,29,30)/t13-,15?/m0/s1. The maximum absolute atomic E-state index is 13.2. The molecule has 2 atom stereocenters. The number of fused-ring (bicyclic) bond motifs is 1. The predicted octanol–water partition coefficient (Wildman–Crippen LogP) is 2.78. The van der Waals surface area contributed by atoms with Crippen molar-refractivity contribution in [2.24, 2.45) is 11.5 Å². The van der Waals surface area contributed by atoms with Gasteiger partial charge in [-0.05, 0) is 55.0 Å². The average Bonchev–Trinajstić information content (AvgIpc) is 2.80. The lowest BCUT2D eigenvalue weighted by molar-refractivity contribution is -0.118. The summed E-state index contributed by atoms with van der Waals surface area (Å²) in [5.74, 6) is -0.0932. The van der Waals surface area contributed by atoms with Crippen LogP contribution in [0.3, 0.4) is 0 Å². The maximum atomic E-state index is 13.2. The highest BCUT2D eigenvalue weighted by molar-refractivity contribution is 5.92. The number of nitrogens with two attached hydrogens (primary N) is 2. The number of aromatic nitrogens is 2. The van der Waals surface area contributed by atoms with E-state index in [1.54, 1.807) is 19.1 Å². The molecule has 2 aromatic carbocycles. The van der Waals surface area contributed by atoms with Crippen molar-refractivity contribution in [3.63, 3.8) is 0 Å². The van der Waals surface area contributed by atoms with Crippen LogP contribution in [0.15, 0.2) is 48.5 Å². The second-order valence-corrected chi connectivity index (χ2v) is 8.01. The van der Waals surface area contributed by atoms with Crippen LogP contribution in [-0.4, -0.2) is 34.4 Å². The lowest BCUT2D eigenvalue weighted by Crippen LogP contribution is -2.33. The minimum atomic E-state index is -0.720. The molecular weight excluding hydrogens is 425 g/mol. The Morgan fingerprint density at radius 1 is 1.15 bits per heavy atom. The van der Waals surface area contributed by atoms with Crippen molar-refractivity contribution >= 4 is 17.6 Å². The van der Waals surface area contributed by atoms with Crippen LogP contribution in [0, 0.1) is 5.82 Å². The number of carbonyl (C=O) groups is 2. The lowest BCUT2D eigenvalue weighted by Gasteiger charge is -2.26. The number of rotatable bonds is 7. The van der Waals surface area contributed by atoms with Gasteiger partial charge >= 0.3 is 0 Å². The molecule has 2 heterocycles. The van der Waals surface area contributed by atoms with Crippen molar-refractivity contribution in [3.8, 4) is 17.1 Å². The summed E-state index contributed by atoms with van der Waals surface area (Å²) in [5, 5.41) is 2.86. The Hall–Kier alpha value is -4.01. The largest absolute Gasteiger partial charge is 0.493 e. The van der Waals surface area contributed by atoms with Crippen molar-refractivity contribution in [1.82, 2.24) is 9.97 Å². The topological polar surface area (TPSA) is 133 Å². The first-order valence-electron chi connectivity index (χ1n) is 10.6. The molecule has 0 saturated carbocycles. The highest BCUT2D eigenvalue weighted by atomic mass is 19.1. The quantitative estimate of drug-likeness (QED) is 0.508. The summed E-state index contributed by atoms with van der Waals surface area (Å²) >= 11 is 0. The van der Waals surface area contributed by atoms with Crippen LogP contribution in [0.25, 0.3) is 11.4 Å². The van der Waals surface area contributed by atoms with Gasteiger partial charge in [-0.15, -0.1) is 0 Å². The number of hydrogen-bond donors (Lipinski definition) is 3. The van der Waals surface area contributed by atoms with E-state index in [0.717, 1.165) is 24.0 Å². The van der Waals surface area contributed by atoms with E-state index in [1.807, 2.05) is 18.2 Å². The molecule has 0 radical (unpaired) electrons. The number of nitrogens with zero attached hydrogens (tertiary/aromatic N) is 2. The second kappa shape index (κ2) is 9.23. The zero-order chi connectivity index (χ0) is 23.5. The molecule has 5 N–H and O–H groups in total. The SMILES string of the molecule is C[C@H](Nc1cc(C(N)=O)nc(-c2ccc3c(c2)OCCC3Cc2ccc(F)cc2)n1)C(N)=O. The van der Waals surface area contributed by atoms with Crippen molar-refractivity contribution in [3.05, 3.63) is 71.2 Å². The van der Waals surface area contributed by atoms with Crippen molar-refractivity contribution in [2.75, 3.05) is 11.9 Å². The van der Waals surface area contributed by atoms with E-state index in [4.69, 9.17) is 16.2 Å². The summed E-state index contributed by atoms with van der Waals surface area (Å²) in [6.07, 6.45) is 1.61. The van der Waals surface area contributed by atoms with Crippen LogP contribution in [0.1, 0.15) is 40.9 Å². The van der Waals surface area contributed by atoms with Gasteiger partial charge in [0, 0.05) is 11.6 Å². The number of ether oxygens (including phenoxy) is 1. The lowest BCUT2D eigenvalue weighted by atomic mass is 9.87. The van der Waals surface area contributed by atoms with Crippen LogP contribution >= 0.6 is 0 Å². The second-order valence-electron chi connectivity index (χ2n) is 8.01. The number of primary amides is 2. The number of carbonyl (C=O) groups excluding carboxylic acids is 2. The average molecular weight is 449 g/mol. The molecule has 1 aliphatic rings. The van der Waals surface area contributed by atoms with E-state index < -0.39 is 17.9 Å². The fourth-order valence-corrected chi connectivity index (χ4v) is 3.79. The molecule has 0 fully saturated rings. The van der Waals surface area contributed by atoms with E-state index in [1.165, 1.54) is 18.2 Å². The van der Waals surface area contributed by atoms with Crippen molar-refractivity contribution in [1.29, 1.82) is 0 Å². The van der Waals surface area contributed by atoms with Gasteiger partial charge in [-0.25, -0.2) is 14.4 Å². The van der Waals surface area contributed by atoms with Crippen LogP contribution in [0.5, 0.6) is 5.75 Å². The van der Waals surface area contributed by atoms with Crippen molar-refractivity contribution < 1.29 is 18.7 Å². The molecule has 1 unspecified atom stereocenters. The Kier molecular flexibility index (Phi) is 6.21. The van der Waals surface area contributed by atoms with Crippen molar-refractivity contribution in [2.45, 2.75) is 31.7 Å². The van der Waals surface area contributed by atoms with Gasteiger partial charge in [-0.1, -0.05) is 24.3 Å². The van der Waals surface area contributed by atoms with Gasteiger partial charge in [0.1, 0.15) is 29.1 Å². The molecular formula is C24H24FN5O3. The number of benzene rings is 2. The third kappa shape index (κ3) is 5.08. The number of hydrogen-bond acceptors (Lipinski definition) is 6. The Labute approximate surface area is 190 Å². The third-order valence-corrected chi connectivity index (χ3v) is 5.60. The van der Waals surface area contributed by atoms with Gasteiger partial charge in [-0.3, -0.25) is 9.59 Å². The first kappa shape index (κ1) is 22.2. The van der Waals surface area contributed by atoms with E-state index in [2.05, 4.69) is 15.3 Å². The molecule has 170 valence electrons. The molecule has 0 spiro atoms. The third-order valence-electron chi connectivity index (χ3n) is 5.60. The Morgan fingerprint density at radius 2 is 1.91 bits per heavy atom. The molecule has 0 saturated heterocycles. The zero-order valence-corrected chi connectivity index (χ0v) is 18.0. The summed E-state index contributed by atoms with van der Waals surface area (Å²) in [6.45, 7) is 2.13. The van der Waals surface area contributed by atoms with Crippen LogP contribution in [0.4, 0.5) is 10.2 Å². The predicted molar refractivity (Wildman–Crippen MR) is 121 cm³/mol. The summed E-state index contributed by atoms with van der Waals surface area (Å²) < 4.78 is 19.1. The number of halogens is 1. The molecule has 8 nitrogen and oxygen atoms in total. The normalized spacial score (nSPS) is 15.8. The smallest absolute Gasteiger partial charge is 0.267 e. The molecule has 1 aromatic heterocycles. The monoisotopic (exact) mass is 449 g/mol. The van der Waals surface area contributed by atoms with Gasteiger partial charge in [0.05, 0.1) is 6.61 Å². The molecule has 0 aliphatic carbocycles. The number of nitrogens with one attached hydrogen (secondary N) is 1. The summed E-state index contributed by atoms with van der Waals surface area (Å²) in [7, 11) is 0. The minimum Gasteiger partial charge on any atom is -0.493 e. The van der Waals surface area contributed by atoms with Gasteiger partial charge in [0.25, 0.3) is 5.91 Å². The highest BCUT2D eigenvalue weighted by Gasteiger charge is 2.23. The Bertz CT molecular complexity index is 1200. The number of anilines is 1. The summed E-state index contributed by atoms with van der Waals surface area (Å²) in [4.78, 5) is 31.9. The van der Waals surface area contributed by atoms with Crippen LogP contribution in [0.2, 0.25) is 0 Å². The van der Waals surface area contributed by atoms with E-state index in [-0.39, 0.29) is 29.1 Å². The first-order valence-corrected chi connectivity index (χ1v) is 10.6. The van der Waals surface area contributed by atoms with E-state index in [0.29, 0.717) is 17.9 Å². The molecule has 4 rings (SSSR count). The van der Waals surface area contributed by atoms with E-state index >= 15 is 0 Å². The van der Waals surface area contributed by atoms with Crippen LogP contribution in [-0.2, 0) is 11.2 Å². The fourth-order valence-electron chi connectivity index (χ4n) is 3.79. The molecule has 2 amide bonds. The molecule has 1 aliphatic heterocycles. The van der Waals surface area contributed by atoms with Gasteiger partial charge < -0.3 is 21.5 Å². The molecule has 9 heteroatoms. The summed E-state index contributed by atoms with van der Waals surface area (Å²) in [5.41, 5.74) is 13.5. The van der Waals surface area contributed by atoms with Gasteiger partial charge in [-0.2, -0.15) is 0 Å². The molecule has 3 aromatic rings. The van der Waals surface area contributed by atoms with E-state index in [9.17, 15) is 14.0 Å². The number of amides is 2. The molecule has 0 bridgehead atoms. The highest BCUT2D eigenvalue weighted by Crippen LogP contribution is 2.38. The van der Waals surface area contributed by atoms with Gasteiger partial charge in [0.2, 0.25) is 5.91 Å². The van der Waals surface area contributed by atoms with Gasteiger partial charge in [0.15, 0.2) is 5.82 Å². The Morgan fingerprint density at radius 3 is 2.61 bits per heavy atom. The minimum absolute atomic E-state index is 0.00648. The van der Waals surface area contributed by atoms with Crippen LogP contribution < -0.4 is 21.5 Å². The maximum Gasteiger partial charge on any atom is 0.267 e.